The van der Waals surface area contributed by atoms with E-state index in [-0.39, 0.29) is 35.5 Å². The molecule has 0 radical (unpaired) electrons. The van der Waals surface area contributed by atoms with Gasteiger partial charge >= 0.3 is 0 Å². The van der Waals surface area contributed by atoms with Crippen LogP contribution in [-0.2, 0) is 14.4 Å². The number of likely N-dealkylation sites (tertiary alicyclic amines) is 1. The Morgan fingerprint density at radius 1 is 1.36 bits per heavy atom. The van der Waals surface area contributed by atoms with Gasteiger partial charge in [0.05, 0.1) is 39.9 Å². The number of para-hydroxylation sites is 1. The number of anilines is 1. The molecule has 7 atom stereocenters. The summed E-state index contributed by atoms with van der Waals surface area (Å²) in [4.78, 5) is 42.3. The molecule has 4 rings (SSSR count). The third kappa shape index (κ3) is 3.65. The second-order valence-corrected chi connectivity index (χ2v) is 11.5. The molecule has 3 amide bonds. The number of halogens is 1. The van der Waals surface area contributed by atoms with E-state index >= 15 is 0 Å². The molecule has 3 fully saturated rings. The number of aryl methyl sites for hydroxylation is 1. The van der Waals surface area contributed by atoms with Crippen molar-refractivity contribution >= 4 is 46.8 Å². The Kier molecular flexibility index (Phi) is 6.73. The van der Waals surface area contributed by atoms with Crippen LogP contribution in [0.2, 0.25) is 5.02 Å². The van der Waals surface area contributed by atoms with E-state index < -0.39 is 28.7 Å². The minimum atomic E-state index is -0.804. The Labute approximate surface area is 204 Å². The average molecular weight is 494 g/mol. The molecule has 7 nitrogen and oxygen atoms in total. The summed E-state index contributed by atoms with van der Waals surface area (Å²) in [5, 5.41) is 16.3. The van der Waals surface area contributed by atoms with E-state index in [4.69, 9.17) is 11.6 Å². The average Bonchev–Trinajstić information content (AvgIpc) is 3.37. The van der Waals surface area contributed by atoms with Gasteiger partial charge in [-0.2, -0.15) is 0 Å². The maximum Gasteiger partial charge on any atom is 0.248 e. The molecule has 3 unspecified atom stereocenters. The van der Waals surface area contributed by atoms with Gasteiger partial charge in [-0.1, -0.05) is 37.6 Å². The lowest BCUT2D eigenvalue weighted by molar-refractivity contribution is -0.141. The van der Waals surface area contributed by atoms with Gasteiger partial charge in [-0.05, 0) is 44.2 Å². The number of aliphatic hydroxyl groups excluding tert-OH is 1. The van der Waals surface area contributed by atoms with Crippen molar-refractivity contribution in [2.24, 2.45) is 17.8 Å². The molecule has 1 aromatic carbocycles. The van der Waals surface area contributed by atoms with E-state index in [0.29, 0.717) is 17.3 Å². The third-order valence-electron chi connectivity index (χ3n) is 7.49. The van der Waals surface area contributed by atoms with E-state index in [1.165, 1.54) is 4.90 Å². The molecule has 3 aliphatic heterocycles. The molecule has 3 N–H and O–H groups in total. The van der Waals surface area contributed by atoms with Crippen molar-refractivity contribution in [2.45, 2.75) is 62.6 Å². The van der Waals surface area contributed by atoms with Gasteiger partial charge in [0.1, 0.15) is 6.04 Å². The van der Waals surface area contributed by atoms with Crippen molar-refractivity contribution in [2.75, 3.05) is 18.5 Å². The molecule has 9 heteroatoms. The maximum atomic E-state index is 13.9. The van der Waals surface area contributed by atoms with Crippen molar-refractivity contribution in [1.82, 2.24) is 10.2 Å². The predicted octanol–water partition coefficient (Wildman–Crippen LogP) is 2.83. The number of aliphatic hydroxyl groups is 1. The fourth-order valence-electron chi connectivity index (χ4n) is 5.97. The number of carbonyl (C=O) groups excluding carboxylic acids is 3. The molecule has 1 spiro atoms. The highest BCUT2D eigenvalue weighted by Gasteiger charge is 2.76. The fourth-order valence-corrected chi connectivity index (χ4v) is 8.65. The van der Waals surface area contributed by atoms with Crippen LogP contribution in [0, 0.1) is 24.7 Å². The number of nitrogens with one attached hydrogen (secondary N) is 2. The summed E-state index contributed by atoms with van der Waals surface area (Å²) in [6.45, 7) is 7.96. The number of hydrogen-bond donors (Lipinski definition) is 3. The molecule has 0 saturated carbocycles. The Bertz CT molecular complexity index is 955. The molecule has 1 aromatic rings. The van der Waals surface area contributed by atoms with Gasteiger partial charge in [0.2, 0.25) is 17.7 Å². The highest BCUT2D eigenvalue weighted by molar-refractivity contribution is 8.02. The van der Waals surface area contributed by atoms with Crippen LogP contribution >= 0.6 is 23.4 Å². The van der Waals surface area contributed by atoms with Crippen LogP contribution in [0.5, 0.6) is 0 Å². The van der Waals surface area contributed by atoms with Crippen molar-refractivity contribution in [3.8, 4) is 0 Å². The van der Waals surface area contributed by atoms with Crippen molar-refractivity contribution in [3.05, 3.63) is 28.8 Å². The highest BCUT2D eigenvalue weighted by atomic mass is 35.5. The first-order chi connectivity index (χ1) is 15.7. The van der Waals surface area contributed by atoms with Gasteiger partial charge < -0.3 is 20.6 Å². The topological polar surface area (TPSA) is 98.7 Å². The van der Waals surface area contributed by atoms with Gasteiger partial charge in [0, 0.05) is 11.8 Å². The number of amides is 3. The van der Waals surface area contributed by atoms with Crippen molar-refractivity contribution in [1.29, 1.82) is 0 Å². The summed E-state index contributed by atoms with van der Waals surface area (Å²) in [6, 6.07) is 4.04. The van der Waals surface area contributed by atoms with E-state index in [1.807, 2.05) is 26.0 Å². The molecule has 2 bridgehead atoms. The summed E-state index contributed by atoms with van der Waals surface area (Å²) < 4.78 is -0.724. The monoisotopic (exact) mass is 493 g/mol. The normalized spacial score (nSPS) is 33.2. The number of rotatable bonds is 7. The SMILES string of the molecule is CCCNC(=O)[C@@H]1[C@H]2C(=O)N([C@H](C)CO)C(C(=O)Nc3c(C)cccc3Cl)C23S[C@@H]1CC3C. The molecule has 0 aliphatic carbocycles. The predicted molar refractivity (Wildman–Crippen MR) is 130 cm³/mol. The van der Waals surface area contributed by atoms with Crippen molar-refractivity contribution in [3.63, 3.8) is 0 Å². The first-order valence-corrected chi connectivity index (χ1v) is 12.9. The largest absolute Gasteiger partial charge is 0.394 e. The first kappa shape index (κ1) is 24.4. The molecule has 180 valence electrons. The number of hydrogen-bond acceptors (Lipinski definition) is 5. The van der Waals surface area contributed by atoms with Crippen LogP contribution in [0.3, 0.4) is 0 Å². The molecule has 3 saturated heterocycles. The Morgan fingerprint density at radius 3 is 2.73 bits per heavy atom. The Morgan fingerprint density at radius 2 is 2.09 bits per heavy atom. The fraction of sp³-hybridized carbons (Fsp3) is 0.625. The van der Waals surface area contributed by atoms with E-state index in [1.54, 1.807) is 24.8 Å². The van der Waals surface area contributed by atoms with Crippen molar-refractivity contribution < 1.29 is 19.5 Å². The summed E-state index contributed by atoms with van der Waals surface area (Å²) in [6.07, 6.45) is 1.58. The minimum absolute atomic E-state index is 0.00487. The van der Waals surface area contributed by atoms with Crippen LogP contribution in [-0.4, -0.2) is 63.0 Å². The quantitative estimate of drug-likeness (QED) is 0.542. The van der Waals surface area contributed by atoms with Gasteiger partial charge in [-0.15, -0.1) is 11.8 Å². The maximum absolute atomic E-state index is 13.9. The van der Waals surface area contributed by atoms with Crippen LogP contribution in [0.15, 0.2) is 18.2 Å². The number of carbonyl (C=O) groups is 3. The van der Waals surface area contributed by atoms with Gasteiger partial charge in [0.25, 0.3) is 0 Å². The second kappa shape index (κ2) is 9.12. The van der Waals surface area contributed by atoms with Crippen LogP contribution in [0.4, 0.5) is 5.69 Å². The van der Waals surface area contributed by atoms with E-state index in [0.717, 1.165) is 18.4 Å². The zero-order chi connectivity index (χ0) is 24.1. The zero-order valence-electron chi connectivity index (χ0n) is 19.4. The van der Waals surface area contributed by atoms with Crippen LogP contribution in [0.25, 0.3) is 0 Å². The van der Waals surface area contributed by atoms with Gasteiger partial charge in [-0.25, -0.2) is 0 Å². The lowest BCUT2D eigenvalue weighted by Gasteiger charge is -2.39. The number of thioether (sulfide) groups is 1. The smallest absolute Gasteiger partial charge is 0.248 e. The zero-order valence-corrected chi connectivity index (χ0v) is 21.0. The molecular formula is C24H32ClN3O4S. The van der Waals surface area contributed by atoms with Crippen LogP contribution < -0.4 is 10.6 Å². The second-order valence-electron chi connectivity index (χ2n) is 9.54. The van der Waals surface area contributed by atoms with E-state index in [9.17, 15) is 19.5 Å². The summed E-state index contributed by atoms with van der Waals surface area (Å²) in [7, 11) is 0. The third-order valence-corrected chi connectivity index (χ3v) is 9.88. The number of fused-ring (bicyclic) bond motifs is 1. The van der Waals surface area contributed by atoms with Crippen LogP contribution in [0.1, 0.15) is 39.2 Å². The summed E-state index contributed by atoms with van der Waals surface area (Å²) >= 11 is 7.99. The summed E-state index contributed by atoms with van der Waals surface area (Å²) in [5.41, 5.74) is 1.35. The summed E-state index contributed by atoms with van der Waals surface area (Å²) in [5.74, 6) is -1.65. The lowest BCUT2D eigenvalue weighted by atomic mass is 9.66. The first-order valence-electron chi connectivity index (χ1n) is 11.6. The van der Waals surface area contributed by atoms with Gasteiger partial charge in [-0.3, -0.25) is 14.4 Å². The standard InChI is InChI=1S/C24H32ClN3O4S/c1-5-9-26-21(30)17-16-10-13(3)24(33-16)18(17)23(32)28(14(4)11-29)20(24)22(31)27-19-12(2)7-6-8-15(19)25/h6-8,13-14,16-18,20,29H,5,9-11H2,1-4H3,(H,26,30)(H,27,31)/t13?,14-,16-,17+,18+,20?,24?/m1/s1. The minimum Gasteiger partial charge on any atom is -0.394 e. The molecule has 0 aromatic heterocycles. The number of benzene rings is 1. The van der Waals surface area contributed by atoms with Gasteiger partial charge in [0.15, 0.2) is 0 Å². The Balaban J connectivity index is 1.76. The molecular weight excluding hydrogens is 462 g/mol. The Hall–Kier alpha value is -1.77. The highest BCUT2D eigenvalue weighted by Crippen LogP contribution is 2.68. The molecule has 3 heterocycles. The number of nitrogens with zero attached hydrogens (tertiary/aromatic N) is 1. The molecule has 3 aliphatic rings. The molecule has 33 heavy (non-hydrogen) atoms. The van der Waals surface area contributed by atoms with E-state index in [2.05, 4.69) is 17.6 Å². The lowest BCUT2D eigenvalue weighted by Crippen LogP contribution is -2.56.